The number of aliphatic imine (C=N–C) groups is 1. The van der Waals surface area contributed by atoms with E-state index in [2.05, 4.69) is 43.8 Å². The van der Waals surface area contributed by atoms with Gasteiger partial charge in [-0.05, 0) is 92.0 Å². The molecule has 0 saturated heterocycles. The van der Waals surface area contributed by atoms with Crippen molar-refractivity contribution in [2.24, 2.45) is 4.99 Å². The van der Waals surface area contributed by atoms with Gasteiger partial charge in [-0.15, -0.1) is 11.3 Å². The number of para-hydroxylation sites is 1. The van der Waals surface area contributed by atoms with Gasteiger partial charge in [-0.3, -0.25) is 4.79 Å². The minimum atomic E-state index is -0.0924. The number of aryl methyl sites for hydroxylation is 1. The molecule has 0 radical (unpaired) electrons. The Balaban J connectivity index is 1.72. The molecule has 4 rings (SSSR count). The molecule has 3 aromatic rings. The summed E-state index contributed by atoms with van der Waals surface area (Å²) >= 11 is 7.49. The molecule has 32 heavy (non-hydrogen) atoms. The first-order chi connectivity index (χ1) is 15.4. The number of halogens is 2. The number of rotatable bonds is 6. The second-order valence-corrected chi connectivity index (χ2v) is 11.1. The van der Waals surface area contributed by atoms with Crippen LogP contribution in [0.15, 0.2) is 51.9 Å². The van der Waals surface area contributed by atoms with Gasteiger partial charge >= 0.3 is 0 Å². The largest absolute Gasteiger partial charge is 0.489 e. The molecule has 1 aliphatic rings. The number of thiophene rings is 1. The highest BCUT2D eigenvalue weighted by Gasteiger charge is 2.25. The highest BCUT2D eigenvalue weighted by molar-refractivity contribution is 14.1. The summed E-state index contributed by atoms with van der Waals surface area (Å²) in [5.74, 6) is 0.717. The summed E-state index contributed by atoms with van der Waals surface area (Å²) in [5, 5.41) is 3.81. The van der Waals surface area contributed by atoms with Gasteiger partial charge in [-0.1, -0.05) is 34.1 Å². The first-order valence-corrected chi connectivity index (χ1v) is 13.3. The molecule has 1 amide bonds. The second kappa shape index (κ2) is 10.5. The molecular formula is C25H24BrIN2O2S. The van der Waals surface area contributed by atoms with Gasteiger partial charge in [-0.25, -0.2) is 4.99 Å². The molecular weight excluding hydrogens is 599 g/mol. The molecule has 7 heteroatoms. The SMILES string of the molecule is CC(C)Oc1c(I)cc(Br)cc1C=Nc1sc2c(c1C(=O)Nc1ccccc1)CCCC2. The molecule has 0 aliphatic heterocycles. The maximum Gasteiger partial charge on any atom is 0.259 e. The van der Waals surface area contributed by atoms with E-state index in [0.29, 0.717) is 5.56 Å². The molecule has 166 valence electrons. The minimum absolute atomic E-state index is 0.0538. The Labute approximate surface area is 214 Å². The Hall–Kier alpha value is -1.71. The number of anilines is 1. The molecule has 4 nitrogen and oxygen atoms in total. The van der Waals surface area contributed by atoms with Crippen molar-refractivity contribution in [3.8, 4) is 5.75 Å². The third kappa shape index (κ3) is 5.43. The molecule has 1 aliphatic carbocycles. The molecule has 0 spiro atoms. The summed E-state index contributed by atoms with van der Waals surface area (Å²) in [4.78, 5) is 19.4. The lowest BCUT2D eigenvalue weighted by Gasteiger charge is -2.14. The Morgan fingerprint density at radius 1 is 1.22 bits per heavy atom. The lowest BCUT2D eigenvalue weighted by atomic mass is 9.95. The minimum Gasteiger partial charge on any atom is -0.489 e. The van der Waals surface area contributed by atoms with E-state index in [4.69, 9.17) is 9.73 Å². The van der Waals surface area contributed by atoms with Crippen LogP contribution in [0, 0.1) is 3.57 Å². The summed E-state index contributed by atoms with van der Waals surface area (Å²) in [7, 11) is 0. The van der Waals surface area contributed by atoms with Crippen LogP contribution in [0.3, 0.4) is 0 Å². The van der Waals surface area contributed by atoms with Crippen molar-refractivity contribution in [1.82, 2.24) is 0 Å². The number of amides is 1. The summed E-state index contributed by atoms with van der Waals surface area (Å²) in [6.07, 6.45) is 6.08. The molecule has 0 fully saturated rings. The van der Waals surface area contributed by atoms with E-state index < -0.39 is 0 Å². The summed E-state index contributed by atoms with van der Waals surface area (Å²) < 4.78 is 8.04. The van der Waals surface area contributed by atoms with Gasteiger partial charge in [0.05, 0.1) is 15.2 Å². The molecule has 2 aromatic carbocycles. The molecule has 0 unspecified atom stereocenters. The van der Waals surface area contributed by atoms with Crippen LogP contribution < -0.4 is 10.1 Å². The van der Waals surface area contributed by atoms with E-state index in [9.17, 15) is 4.79 Å². The number of carbonyl (C=O) groups is 1. The van der Waals surface area contributed by atoms with Crippen LogP contribution in [0.25, 0.3) is 0 Å². The number of benzene rings is 2. The van der Waals surface area contributed by atoms with Gasteiger partial charge < -0.3 is 10.1 Å². The topological polar surface area (TPSA) is 50.7 Å². The van der Waals surface area contributed by atoms with E-state index in [-0.39, 0.29) is 12.0 Å². The van der Waals surface area contributed by atoms with Crippen molar-refractivity contribution in [3.63, 3.8) is 0 Å². The number of fused-ring (bicyclic) bond motifs is 1. The van der Waals surface area contributed by atoms with Crippen molar-refractivity contribution < 1.29 is 9.53 Å². The Bertz CT molecular complexity index is 1160. The van der Waals surface area contributed by atoms with Gasteiger partial charge in [0.2, 0.25) is 0 Å². The van der Waals surface area contributed by atoms with Gasteiger partial charge in [0.1, 0.15) is 10.8 Å². The van der Waals surface area contributed by atoms with Crippen LogP contribution in [-0.4, -0.2) is 18.2 Å². The lowest BCUT2D eigenvalue weighted by molar-refractivity contribution is 0.102. The average molecular weight is 623 g/mol. The van der Waals surface area contributed by atoms with E-state index in [0.717, 1.165) is 61.3 Å². The standard InChI is InChI=1S/C25H24BrIN2O2S/c1-15(2)31-23-16(12-17(26)13-20(23)27)14-28-25-22(19-10-6-7-11-21(19)32-25)24(30)29-18-8-4-3-5-9-18/h3-5,8-9,12-15H,6-7,10-11H2,1-2H3,(H,29,30). The molecule has 1 heterocycles. The number of hydrogen-bond acceptors (Lipinski definition) is 4. The van der Waals surface area contributed by atoms with Crippen LogP contribution in [0.1, 0.15) is 53.1 Å². The van der Waals surface area contributed by atoms with Crippen LogP contribution in [0.2, 0.25) is 0 Å². The second-order valence-electron chi connectivity index (χ2n) is 7.94. The van der Waals surface area contributed by atoms with Crippen LogP contribution in [0.5, 0.6) is 5.75 Å². The van der Waals surface area contributed by atoms with Crippen LogP contribution in [0.4, 0.5) is 10.7 Å². The summed E-state index contributed by atoms with van der Waals surface area (Å²) in [6, 6.07) is 13.6. The smallest absolute Gasteiger partial charge is 0.259 e. The van der Waals surface area contributed by atoms with Crippen molar-refractivity contribution in [3.05, 3.63) is 72.1 Å². The fourth-order valence-electron chi connectivity index (χ4n) is 3.76. The number of nitrogens with one attached hydrogen (secondary N) is 1. The van der Waals surface area contributed by atoms with Crippen LogP contribution in [-0.2, 0) is 12.8 Å². The predicted octanol–water partition coefficient (Wildman–Crippen LogP) is 7.78. The van der Waals surface area contributed by atoms with Gasteiger partial charge in [0, 0.05) is 26.8 Å². The normalized spacial score (nSPS) is 13.4. The Kier molecular flexibility index (Phi) is 7.68. The van der Waals surface area contributed by atoms with E-state index in [1.807, 2.05) is 62.5 Å². The Morgan fingerprint density at radius 3 is 2.72 bits per heavy atom. The number of ether oxygens (including phenoxy) is 1. The average Bonchev–Trinajstić information content (AvgIpc) is 3.13. The fourth-order valence-corrected chi connectivity index (χ4v) is 6.66. The van der Waals surface area contributed by atoms with Crippen LogP contribution >= 0.6 is 49.9 Å². The number of carbonyl (C=O) groups excluding carboxylic acids is 1. The third-order valence-corrected chi connectivity index (χ3v) is 7.58. The van der Waals surface area contributed by atoms with Crippen molar-refractivity contribution >= 4 is 72.7 Å². The highest BCUT2D eigenvalue weighted by Crippen LogP contribution is 2.40. The zero-order chi connectivity index (χ0) is 22.7. The van der Waals surface area contributed by atoms with Gasteiger partial charge in [0.25, 0.3) is 5.91 Å². The maximum absolute atomic E-state index is 13.3. The lowest BCUT2D eigenvalue weighted by Crippen LogP contribution is -2.14. The predicted molar refractivity (Wildman–Crippen MR) is 145 cm³/mol. The Morgan fingerprint density at radius 2 is 1.97 bits per heavy atom. The van der Waals surface area contributed by atoms with Gasteiger partial charge in [0.15, 0.2) is 0 Å². The summed E-state index contributed by atoms with van der Waals surface area (Å²) in [6.45, 7) is 4.02. The van der Waals surface area contributed by atoms with Gasteiger partial charge in [-0.2, -0.15) is 0 Å². The molecule has 1 N–H and O–H groups in total. The van der Waals surface area contributed by atoms with E-state index in [1.165, 1.54) is 4.88 Å². The first kappa shape index (κ1) is 23.4. The molecule has 0 atom stereocenters. The first-order valence-electron chi connectivity index (χ1n) is 10.6. The van der Waals surface area contributed by atoms with E-state index >= 15 is 0 Å². The van der Waals surface area contributed by atoms with Crippen molar-refractivity contribution in [1.29, 1.82) is 0 Å². The molecule has 0 saturated carbocycles. The maximum atomic E-state index is 13.3. The zero-order valence-corrected chi connectivity index (χ0v) is 22.5. The molecule has 1 aromatic heterocycles. The zero-order valence-electron chi connectivity index (χ0n) is 18.0. The molecule has 0 bridgehead atoms. The number of hydrogen-bond donors (Lipinski definition) is 1. The monoisotopic (exact) mass is 622 g/mol. The van der Waals surface area contributed by atoms with Crippen molar-refractivity contribution in [2.75, 3.05) is 5.32 Å². The van der Waals surface area contributed by atoms with E-state index in [1.54, 1.807) is 11.3 Å². The van der Waals surface area contributed by atoms with Crippen molar-refractivity contribution in [2.45, 2.75) is 45.6 Å². The quantitative estimate of drug-likeness (QED) is 0.225. The summed E-state index contributed by atoms with van der Waals surface area (Å²) in [5.41, 5.74) is 3.54. The number of nitrogens with zero attached hydrogens (tertiary/aromatic N) is 1. The highest BCUT2D eigenvalue weighted by atomic mass is 127. The third-order valence-electron chi connectivity index (χ3n) is 5.12. The fraction of sp³-hybridized carbons (Fsp3) is 0.280.